The van der Waals surface area contributed by atoms with E-state index in [1.54, 1.807) is 36.0 Å². The summed E-state index contributed by atoms with van der Waals surface area (Å²) in [7, 11) is 1.63. The van der Waals surface area contributed by atoms with Crippen LogP contribution >= 0.6 is 0 Å². The highest BCUT2D eigenvalue weighted by atomic mass is 16.5. The molecular formula is C14H20N4O3. The van der Waals surface area contributed by atoms with Gasteiger partial charge in [-0.1, -0.05) is 0 Å². The first-order valence-electron chi connectivity index (χ1n) is 7.26. The number of carbonyl (C=O) groups is 2. The molecule has 1 saturated heterocycles. The van der Waals surface area contributed by atoms with Crippen molar-refractivity contribution >= 4 is 17.5 Å². The average Bonchev–Trinajstić information content (AvgIpc) is 3.21. The molecule has 2 heterocycles. The van der Waals surface area contributed by atoms with Crippen LogP contribution in [0.5, 0.6) is 0 Å². The molecule has 1 N–H and O–H groups in total. The van der Waals surface area contributed by atoms with Crippen LogP contribution in [0.2, 0.25) is 0 Å². The highest BCUT2D eigenvalue weighted by Gasteiger charge is 2.46. The zero-order chi connectivity index (χ0) is 15.0. The standard InChI is InChI=1S/C14H20N4O3/c1-9-13(19)16-12(10-3-4-10)14(20)18(9)11-7-15-17(8-11)5-6-21-2/h7-10,12H,3-6H2,1-2H3,(H,16,19). The lowest BCUT2D eigenvalue weighted by Gasteiger charge is -2.36. The minimum Gasteiger partial charge on any atom is -0.383 e. The van der Waals surface area contributed by atoms with E-state index in [4.69, 9.17) is 4.74 Å². The molecule has 2 fully saturated rings. The van der Waals surface area contributed by atoms with Crippen LogP contribution in [0.1, 0.15) is 19.8 Å². The lowest BCUT2D eigenvalue weighted by atomic mass is 10.0. The minimum absolute atomic E-state index is 0.0316. The third-order valence-corrected chi connectivity index (χ3v) is 4.08. The Hall–Kier alpha value is -1.89. The van der Waals surface area contributed by atoms with E-state index in [9.17, 15) is 9.59 Å². The normalized spacial score (nSPS) is 26.1. The molecule has 1 aliphatic carbocycles. The molecule has 0 bridgehead atoms. The second-order valence-corrected chi connectivity index (χ2v) is 5.66. The lowest BCUT2D eigenvalue weighted by molar-refractivity contribution is -0.133. The van der Waals surface area contributed by atoms with Gasteiger partial charge >= 0.3 is 0 Å². The summed E-state index contributed by atoms with van der Waals surface area (Å²) in [6.45, 7) is 2.91. The highest BCUT2D eigenvalue weighted by Crippen LogP contribution is 2.36. The third-order valence-electron chi connectivity index (χ3n) is 4.08. The van der Waals surface area contributed by atoms with Gasteiger partial charge in [0.25, 0.3) is 5.91 Å². The fourth-order valence-corrected chi connectivity index (χ4v) is 2.68. The molecule has 1 aliphatic heterocycles. The molecule has 3 rings (SSSR count). The molecule has 7 nitrogen and oxygen atoms in total. The SMILES string of the molecule is COCCn1cc(N2C(=O)C(C3CC3)NC(=O)C2C)cn1. The number of nitrogens with zero attached hydrogens (tertiary/aromatic N) is 3. The van der Waals surface area contributed by atoms with E-state index in [0.29, 0.717) is 24.8 Å². The van der Waals surface area contributed by atoms with E-state index in [1.807, 2.05) is 0 Å². The maximum atomic E-state index is 12.6. The van der Waals surface area contributed by atoms with Gasteiger partial charge in [-0.05, 0) is 25.7 Å². The first-order chi connectivity index (χ1) is 10.1. The van der Waals surface area contributed by atoms with Crippen molar-refractivity contribution in [3.63, 3.8) is 0 Å². The Balaban J connectivity index is 1.81. The number of ether oxygens (including phenoxy) is 1. The van der Waals surface area contributed by atoms with Gasteiger partial charge in [0.05, 0.1) is 25.0 Å². The van der Waals surface area contributed by atoms with Crippen molar-refractivity contribution in [3.8, 4) is 0 Å². The van der Waals surface area contributed by atoms with Gasteiger partial charge in [-0.3, -0.25) is 19.2 Å². The Bertz CT molecular complexity index is 552. The van der Waals surface area contributed by atoms with Crippen molar-refractivity contribution in [2.75, 3.05) is 18.6 Å². The Morgan fingerprint density at radius 2 is 2.19 bits per heavy atom. The first-order valence-corrected chi connectivity index (χ1v) is 7.26. The molecule has 2 aliphatic rings. The predicted molar refractivity (Wildman–Crippen MR) is 75.7 cm³/mol. The van der Waals surface area contributed by atoms with Gasteiger partial charge in [0.2, 0.25) is 5.91 Å². The monoisotopic (exact) mass is 292 g/mol. The van der Waals surface area contributed by atoms with Crippen LogP contribution in [0.3, 0.4) is 0 Å². The average molecular weight is 292 g/mol. The molecular weight excluding hydrogens is 272 g/mol. The summed E-state index contributed by atoms with van der Waals surface area (Å²) in [4.78, 5) is 26.3. The Morgan fingerprint density at radius 1 is 1.43 bits per heavy atom. The molecule has 1 saturated carbocycles. The van der Waals surface area contributed by atoms with Crippen LogP contribution in [-0.4, -0.2) is 47.4 Å². The van der Waals surface area contributed by atoms with E-state index < -0.39 is 6.04 Å². The molecule has 7 heteroatoms. The number of piperazine rings is 1. The smallest absolute Gasteiger partial charge is 0.250 e. The highest BCUT2D eigenvalue weighted by molar-refractivity contribution is 6.08. The number of anilines is 1. The van der Waals surface area contributed by atoms with Gasteiger partial charge in [-0.25, -0.2) is 0 Å². The first kappa shape index (κ1) is 14.1. The number of carbonyl (C=O) groups excluding carboxylic acids is 2. The van der Waals surface area contributed by atoms with E-state index in [0.717, 1.165) is 12.8 Å². The van der Waals surface area contributed by atoms with Crippen LogP contribution in [0, 0.1) is 5.92 Å². The second-order valence-electron chi connectivity index (χ2n) is 5.66. The summed E-state index contributed by atoms with van der Waals surface area (Å²) in [5, 5.41) is 7.06. The van der Waals surface area contributed by atoms with Crippen molar-refractivity contribution < 1.29 is 14.3 Å². The summed E-state index contributed by atoms with van der Waals surface area (Å²) >= 11 is 0. The molecule has 2 unspecified atom stereocenters. The molecule has 2 amide bonds. The summed E-state index contributed by atoms with van der Waals surface area (Å²) in [6.07, 6.45) is 5.43. The zero-order valence-electron chi connectivity index (χ0n) is 12.3. The summed E-state index contributed by atoms with van der Waals surface area (Å²) in [5.74, 6) is 0.159. The number of aromatic nitrogens is 2. The van der Waals surface area contributed by atoms with Crippen molar-refractivity contribution in [3.05, 3.63) is 12.4 Å². The maximum Gasteiger partial charge on any atom is 0.250 e. The van der Waals surface area contributed by atoms with Gasteiger partial charge in [0.1, 0.15) is 12.1 Å². The van der Waals surface area contributed by atoms with Crippen LogP contribution in [0.4, 0.5) is 5.69 Å². The van der Waals surface area contributed by atoms with E-state index in [1.165, 1.54) is 0 Å². The summed E-state index contributed by atoms with van der Waals surface area (Å²) in [5.41, 5.74) is 0.670. The van der Waals surface area contributed by atoms with Crippen molar-refractivity contribution in [1.29, 1.82) is 0 Å². The molecule has 2 atom stereocenters. The van der Waals surface area contributed by atoms with E-state index in [-0.39, 0.29) is 17.9 Å². The van der Waals surface area contributed by atoms with E-state index in [2.05, 4.69) is 10.4 Å². The molecule has 1 aromatic rings. The second kappa shape index (κ2) is 5.48. The van der Waals surface area contributed by atoms with Crippen LogP contribution < -0.4 is 10.2 Å². The number of nitrogens with one attached hydrogen (secondary N) is 1. The summed E-state index contributed by atoms with van der Waals surface area (Å²) < 4.78 is 6.73. The molecule has 0 spiro atoms. The van der Waals surface area contributed by atoms with Crippen molar-refractivity contribution in [2.45, 2.75) is 38.4 Å². The van der Waals surface area contributed by atoms with Crippen molar-refractivity contribution in [1.82, 2.24) is 15.1 Å². The van der Waals surface area contributed by atoms with E-state index >= 15 is 0 Å². The maximum absolute atomic E-state index is 12.6. The van der Waals surface area contributed by atoms with Gasteiger partial charge in [-0.2, -0.15) is 5.10 Å². The number of amides is 2. The Kier molecular flexibility index (Phi) is 3.67. The topological polar surface area (TPSA) is 76.5 Å². The molecule has 0 radical (unpaired) electrons. The zero-order valence-corrected chi connectivity index (χ0v) is 12.3. The van der Waals surface area contributed by atoms with Crippen LogP contribution in [-0.2, 0) is 20.9 Å². The largest absolute Gasteiger partial charge is 0.383 e. The van der Waals surface area contributed by atoms with Gasteiger partial charge < -0.3 is 10.1 Å². The number of hydrogen-bond acceptors (Lipinski definition) is 4. The number of hydrogen-bond donors (Lipinski definition) is 1. The molecule has 1 aromatic heterocycles. The van der Waals surface area contributed by atoms with Gasteiger partial charge in [0.15, 0.2) is 0 Å². The molecule has 114 valence electrons. The third kappa shape index (κ3) is 2.65. The number of methoxy groups -OCH3 is 1. The van der Waals surface area contributed by atoms with Crippen LogP contribution in [0.25, 0.3) is 0 Å². The predicted octanol–water partition coefficient (Wildman–Crippen LogP) is 0.159. The van der Waals surface area contributed by atoms with Gasteiger partial charge in [-0.15, -0.1) is 0 Å². The fraction of sp³-hybridized carbons (Fsp3) is 0.643. The molecule has 21 heavy (non-hydrogen) atoms. The van der Waals surface area contributed by atoms with Crippen molar-refractivity contribution in [2.24, 2.45) is 5.92 Å². The fourth-order valence-electron chi connectivity index (χ4n) is 2.68. The minimum atomic E-state index is -0.507. The quantitative estimate of drug-likeness (QED) is 0.838. The Labute approximate surface area is 123 Å². The Morgan fingerprint density at radius 3 is 2.86 bits per heavy atom. The van der Waals surface area contributed by atoms with Crippen LogP contribution in [0.15, 0.2) is 12.4 Å². The lowest BCUT2D eigenvalue weighted by Crippen LogP contribution is -2.63. The summed E-state index contributed by atoms with van der Waals surface area (Å²) in [6, 6.07) is -0.886. The number of rotatable bonds is 5. The van der Waals surface area contributed by atoms with Gasteiger partial charge in [0, 0.05) is 13.3 Å². The molecule has 0 aromatic carbocycles.